The maximum Gasteiger partial charge on any atom is 0.269 e. The fourth-order valence-electron chi connectivity index (χ4n) is 2.72. The van der Waals surface area contributed by atoms with Crippen molar-refractivity contribution in [1.82, 2.24) is 10.9 Å². The Hall–Kier alpha value is -2.73. The van der Waals surface area contributed by atoms with Gasteiger partial charge < -0.3 is 9.47 Å². The third kappa shape index (κ3) is 5.37. The van der Waals surface area contributed by atoms with Gasteiger partial charge in [-0.25, -0.2) is 0 Å². The number of halogens is 1. The second-order valence-corrected chi connectivity index (χ2v) is 6.75. The molecule has 0 spiro atoms. The molecule has 2 N–H and O–H groups in total. The van der Waals surface area contributed by atoms with Crippen molar-refractivity contribution in [3.05, 3.63) is 58.6 Å². The van der Waals surface area contributed by atoms with E-state index in [-0.39, 0.29) is 11.8 Å². The number of hydrogen-bond acceptors (Lipinski definition) is 4. The van der Waals surface area contributed by atoms with Crippen LogP contribution in [-0.2, 0) is 4.79 Å². The summed E-state index contributed by atoms with van der Waals surface area (Å²) in [5.41, 5.74) is 6.07. The van der Waals surface area contributed by atoms with Gasteiger partial charge in [0.15, 0.2) is 0 Å². The Morgan fingerprint density at radius 1 is 0.926 bits per heavy atom. The lowest BCUT2D eigenvalue weighted by Gasteiger charge is -2.21. The lowest BCUT2D eigenvalue weighted by molar-refractivity contribution is -0.124. The van der Waals surface area contributed by atoms with Gasteiger partial charge in [-0.3, -0.25) is 20.4 Å². The molecule has 6 nitrogen and oxygen atoms in total. The molecule has 0 saturated heterocycles. The molecule has 7 heteroatoms. The molecule has 0 radical (unpaired) electrons. The Balaban J connectivity index is 2.10. The summed E-state index contributed by atoms with van der Waals surface area (Å²) in [5, 5.41) is 0.599. The van der Waals surface area contributed by atoms with Crippen molar-refractivity contribution in [2.75, 3.05) is 14.2 Å². The van der Waals surface area contributed by atoms with Gasteiger partial charge in [0.05, 0.1) is 20.1 Å². The molecule has 0 unspecified atom stereocenters. The van der Waals surface area contributed by atoms with E-state index in [1.807, 2.05) is 13.8 Å². The van der Waals surface area contributed by atoms with Crippen LogP contribution in [0.4, 0.5) is 0 Å². The first-order chi connectivity index (χ1) is 12.8. The van der Waals surface area contributed by atoms with Crippen LogP contribution in [0.1, 0.15) is 35.7 Å². The highest BCUT2D eigenvalue weighted by atomic mass is 35.5. The highest BCUT2D eigenvalue weighted by Crippen LogP contribution is 2.26. The van der Waals surface area contributed by atoms with E-state index in [2.05, 4.69) is 10.9 Å². The number of ether oxygens (including phenoxy) is 2. The van der Waals surface area contributed by atoms with E-state index < -0.39 is 11.8 Å². The van der Waals surface area contributed by atoms with Crippen molar-refractivity contribution >= 4 is 23.4 Å². The third-order valence-electron chi connectivity index (χ3n) is 4.09. The molecular formula is C20H23ClN2O4. The van der Waals surface area contributed by atoms with Gasteiger partial charge in [0.2, 0.25) is 5.91 Å². The lowest BCUT2D eigenvalue weighted by Crippen LogP contribution is -2.44. The monoisotopic (exact) mass is 390 g/mol. The molecule has 2 aromatic rings. The second-order valence-electron chi connectivity index (χ2n) is 6.32. The van der Waals surface area contributed by atoms with Gasteiger partial charge in [-0.05, 0) is 35.7 Å². The van der Waals surface area contributed by atoms with Gasteiger partial charge in [0.1, 0.15) is 11.5 Å². The molecule has 0 aliphatic heterocycles. The van der Waals surface area contributed by atoms with Gasteiger partial charge in [0, 0.05) is 16.7 Å². The quantitative estimate of drug-likeness (QED) is 0.739. The molecule has 0 aliphatic carbocycles. The number of nitrogens with one attached hydrogen (secondary N) is 2. The highest BCUT2D eigenvalue weighted by molar-refractivity contribution is 6.30. The molecule has 1 atom stereocenters. The summed E-state index contributed by atoms with van der Waals surface area (Å²) in [7, 11) is 3.00. The number of methoxy groups -OCH3 is 2. The van der Waals surface area contributed by atoms with Crippen molar-refractivity contribution in [2.45, 2.75) is 19.8 Å². The molecule has 0 fully saturated rings. The van der Waals surface area contributed by atoms with E-state index >= 15 is 0 Å². The number of carbonyl (C=O) groups is 2. The fraction of sp³-hybridized carbons (Fsp3) is 0.300. The molecule has 0 bridgehead atoms. The molecule has 0 heterocycles. The Morgan fingerprint density at radius 3 is 1.96 bits per heavy atom. The molecule has 2 aromatic carbocycles. The first-order valence-corrected chi connectivity index (χ1v) is 8.82. The number of hydrazine groups is 1. The molecule has 0 aliphatic rings. The standard InChI is InChI=1S/C20H23ClN2O4/c1-12(2)18(13-5-7-15(21)8-6-13)20(25)23-22-19(24)14-9-16(26-3)11-17(10-14)27-4/h5-12,18H,1-4H3,(H,22,24)(H,23,25)/t18-/m1/s1. The van der Waals surface area contributed by atoms with Crippen molar-refractivity contribution in [3.8, 4) is 11.5 Å². The largest absolute Gasteiger partial charge is 0.497 e. The molecule has 27 heavy (non-hydrogen) atoms. The van der Waals surface area contributed by atoms with Gasteiger partial charge in [-0.1, -0.05) is 37.6 Å². The number of carbonyl (C=O) groups excluding carboxylic acids is 2. The van der Waals surface area contributed by atoms with Gasteiger partial charge in [-0.2, -0.15) is 0 Å². The van der Waals surface area contributed by atoms with Crippen LogP contribution < -0.4 is 20.3 Å². The number of amides is 2. The van der Waals surface area contributed by atoms with Crippen LogP contribution in [-0.4, -0.2) is 26.0 Å². The maximum absolute atomic E-state index is 12.6. The first kappa shape index (κ1) is 20.6. The van der Waals surface area contributed by atoms with Crippen molar-refractivity contribution in [3.63, 3.8) is 0 Å². The number of benzene rings is 2. The summed E-state index contributed by atoms with van der Waals surface area (Å²) in [4.78, 5) is 25.0. The van der Waals surface area contributed by atoms with E-state index in [4.69, 9.17) is 21.1 Å². The van der Waals surface area contributed by atoms with Crippen molar-refractivity contribution < 1.29 is 19.1 Å². The minimum Gasteiger partial charge on any atom is -0.497 e. The topological polar surface area (TPSA) is 76.7 Å². The van der Waals surface area contributed by atoms with E-state index in [9.17, 15) is 9.59 Å². The predicted octanol–water partition coefficient (Wildman–Crippen LogP) is 3.56. The normalized spacial score (nSPS) is 11.6. The van der Waals surface area contributed by atoms with E-state index in [1.165, 1.54) is 14.2 Å². The summed E-state index contributed by atoms with van der Waals surface area (Å²) in [5.74, 6) is -0.226. The Labute approximate surface area is 163 Å². The number of hydrogen-bond donors (Lipinski definition) is 2. The van der Waals surface area contributed by atoms with Crippen molar-refractivity contribution in [1.29, 1.82) is 0 Å². The zero-order chi connectivity index (χ0) is 20.0. The molecule has 0 saturated carbocycles. The minimum atomic E-state index is -0.473. The summed E-state index contributed by atoms with van der Waals surface area (Å²) in [6.45, 7) is 3.88. The lowest BCUT2D eigenvalue weighted by atomic mass is 9.88. The summed E-state index contributed by atoms with van der Waals surface area (Å²) < 4.78 is 10.3. The van der Waals surface area contributed by atoms with Crippen LogP contribution in [0.2, 0.25) is 5.02 Å². The van der Waals surface area contributed by atoms with Gasteiger partial charge >= 0.3 is 0 Å². The molecular weight excluding hydrogens is 368 g/mol. The Kier molecular flexibility index (Phi) is 7.07. The van der Waals surface area contributed by atoms with Crippen LogP contribution in [0.3, 0.4) is 0 Å². The first-order valence-electron chi connectivity index (χ1n) is 8.44. The van der Waals surface area contributed by atoms with Gasteiger partial charge in [-0.15, -0.1) is 0 Å². The highest BCUT2D eigenvalue weighted by Gasteiger charge is 2.24. The Bertz CT molecular complexity index is 784. The van der Waals surface area contributed by atoms with Gasteiger partial charge in [0.25, 0.3) is 5.91 Å². The molecule has 2 rings (SSSR count). The molecule has 0 aromatic heterocycles. The summed E-state index contributed by atoms with van der Waals surface area (Å²) in [6, 6.07) is 11.9. The fourth-order valence-corrected chi connectivity index (χ4v) is 2.84. The predicted molar refractivity (Wildman–Crippen MR) is 104 cm³/mol. The van der Waals surface area contributed by atoms with Crippen LogP contribution in [0.5, 0.6) is 11.5 Å². The SMILES string of the molecule is COc1cc(OC)cc(C(=O)NNC(=O)[C@@H](c2ccc(Cl)cc2)C(C)C)c1. The minimum absolute atomic E-state index is 0.0278. The smallest absolute Gasteiger partial charge is 0.269 e. The van der Waals surface area contributed by atoms with E-state index in [0.29, 0.717) is 22.1 Å². The number of rotatable bonds is 6. The van der Waals surface area contributed by atoms with Crippen LogP contribution in [0, 0.1) is 5.92 Å². The van der Waals surface area contributed by atoms with Crippen LogP contribution in [0.25, 0.3) is 0 Å². The Morgan fingerprint density at radius 2 is 1.48 bits per heavy atom. The third-order valence-corrected chi connectivity index (χ3v) is 4.34. The molecule has 2 amide bonds. The van der Waals surface area contributed by atoms with Crippen LogP contribution >= 0.6 is 11.6 Å². The maximum atomic E-state index is 12.6. The average molecular weight is 391 g/mol. The molecule has 144 valence electrons. The average Bonchev–Trinajstić information content (AvgIpc) is 2.67. The zero-order valence-corrected chi connectivity index (χ0v) is 16.5. The zero-order valence-electron chi connectivity index (χ0n) is 15.7. The van der Waals surface area contributed by atoms with E-state index in [0.717, 1.165) is 5.56 Å². The van der Waals surface area contributed by atoms with E-state index in [1.54, 1.807) is 42.5 Å². The second kappa shape index (κ2) is 9.28. The summed E-state index contributed by atoms with van der Waals surface area (Å²) >= 11 is 5.92. The van der Waals surface area contributed by atoms with Crippen molar-refractivity contribution in [2.24, 2.45) is 5.92 Å². The summed E-state index contributed by atoms with van der Waals surface area (Å²) in [6.07, 6.45) is 0. The van der Waals surface area contributed by atoms with Crippen LogP contribution in [0.15, 0.2) is 42.5 Å².